The summed E-state index contributed by atoms with van der Waals surface area (Å²) in [6, 6.07) is 0. The minimum Gasteiger partial charge on any atom is -0.477 e. The van der Waals surface area contributed by atoms with Crippen molar-refractivity contribution < 1.29 is 17.9 Å². The maximum absolute atomic E-state index is 12.6. The highest BCUT2D eigenvalue weighted by Crippen LogP contribution is 2.32. The topological polar surface area (TPSA) is 84.7 Å². The van der Waals surface area contributed by atoms with Crippen molar-refractivity contribution >= 4 is 31.9 Å². The number of hydrogen-bond donors (Lipinski definition) is 0. The molecule has 0 radical (unpaired) electrons. The Morgan fingerprint density at radius 1 is 1.23 bits per heavy atom. The fourth-order valence-corrected chi connectivity index (χ4v) is 4.00. The minimum absolute atomic E-state index is 0.203. The minimum atomic E-state index is -3.20. The Kier molecular flexibility index (Phi) is 4.17. The molecule has 8 nitrogen and oxygen atoms in total. The summed E-state index contributed by atoms with van der Waals surface area (Å²) in [7, 11) is -3.20. The Balaban J connectivity index is 1.74. The number of ether oxygens (including phenoxy) is 1. The van der Waals surface area contributed by atoms with Crippen molar-refractivity contribution in [2.24, 2.45) is 0 Å². The predicted molar refractivity (Wildman–Crippen MR) is 82.4 cm³/mol. The van der Waals surface area contributed by atoms with Gasteiger partial charge in [0.15, 0.2) is 5.69 Å². The molecule has 0 aliphatic carbocycles. The summed E-state index contributed by atoms with van der Waals surface area (Å²) in [6.45, 7) is 2.69. The molecule has 22 heavy (non-hydrogen) atoms. The molecule has 0 spiro atoms. The van der Waals surface area contributed by atoms with Gasteiger partial charge >= 0.3 is 0 Å². The van der Waals surface area contributed by atoms with Crippen LogP contribution in [0.25, 0.3) is 0 Å². The number of piperazine rings is 1. The van der Waals surface area contributed by atoms with Gasteiger partial charge in [-0.3, -0.25) is 4.79 Å². The van der Waals surface area contributed by atoms with Gasteiger partial charge in [-0.2, -0.15) is 9.40 Å². The Hall–Kier alpha value is -1.13. The third kappa shape index (κ3) is 2.86. The summed E-state index contributed by atoms with van der Waals surface area (Å²) in [5.74, 6) is 0.384. The summed E-state index contributed by atoms with van der Waals surface area (Å²) < 4.78 is 32.2. The van der Waals surface area contributed by atoms with Crippen molar-refractivity contribution in [3.63, 3.8) is 0 Å². The molecule has 0 saturated carbocycles. The van der Waals surface area contributed by atoms with Crippen molar-refractivity contribution in [3.8, 4) is 5.88 Å². The lowest BCUT2D eigenvalue weighted by Gasteiger charge is -2.32. The number of rotatable bonds is 2. The van der Waals surface area contributed by atoms with E-state index in [1.165, 1.54) is 10.6 Å². The van der Waals surface area contributed by atoms with Gasteiger partial charge in [-0.15, -0.1) is 0 Å². The van der Waals surface area contributed by atoms with Crippen molar-refractivity contribution in [2.45, 2.75) is 13.0 Å². The van der Waals surface area contributed by atoms with E-state index in [9.17, 15) is 13.2 Å². The molecular weight excluding hydrogens is 376 g/mol. The van der Waals surface area contributed by atoms with Crippen LogP contribution in [0.2, 0.25) is 0 Å². The lowest BCUT2D eigenvalue weighted by molar-refractivity contribution is 0.0690. The molecule has 0 unspecified atom stereocenters. The summed E-state index contributed by atoms with van der Waals surface area (Å²) in [5, 5.41) is 4.31. The first-order valence-corrected chi connectivity index (χ1v) is 9.65. The van der Waals surface area contributed by atoms with Crippen LogP contribution in [-0.2, 0) is 16.6 Å². The first kappa shape index (κ1) is 15.8. The monoisotopic (exact) mass is 392 g/mol. The van der Waals surface area contributed by atoms with Gasteiger partial charge in [0.2, 0.25) is 15.9 Å². The molecule has 122 valence electrons. The third-order valence-corrected chi connectivity index (χ3v) is 5.82. The number of halogens is 1. The van der Waals surface area contributed by atoms with E-state index in [1.807, 2.05) is 0 Å². The largest absolute Gasteiger partial charge is 0.477 e. The number of aromatic nitrogens is 2. The van der Waals surface area contributed by atoms with Gasteiger partial charge in [-0.1, -0.05) is 0 Å². The molecule has 0 N–H and O–H groups in total. The van der Waals surface area contributed by atoms with E-state index in [0.29, 0.717) is 48.8 Å². The van der Waals surface area contributed by atoms with E-state index in [1.54, 1.807) is 9.58 Å². The summed E-state index contributed by atoms with van der Waals surface area (Å²) in [6.07, 6.45) is 2.05. The molecule has 2 aliphatic rings. The number of aryl methyl sites for hydroxylation is 1. The number of sulfonamides is 1. The maximum atomic E-state index is 12.6. The standard InChI is InChI=1S/C12H17BrN4O4S/c1-22(19,20)16-6-4-15(5-7-16)11(18)10-9(13)12-17(14-10)3-2-8-21-12/h2-8H2,1H3. The summed E-state index contributed by atoms with van der Waals surface area (Å²) >= 11 is 3.39. The number of carbonyl (C=O) groups is 1. The highest BCUT2D eigenvalue weighted by molar-refractivity contribution is 9.10. The van der Waals surface area contributed by atoms with Crippen LogP contribution in [0.3, 0.4) is 0 Å². The van der Waals surface area contributed by atoms with Crippen LogP contribution in [0.5, 0.6) is 5.88 Å². The highest BCUT2D eigenvalue weighted by atomic mass is 79.9. The van der Waals surface area contributed by atoms with Crippen LogP contribution < -0.4 is 4.74 Å². The number of nitrogens with zero attached hydrogens (tertiary/aromatic N) is 4. The fourth-order valence-electron chi connectivity index (χ4n) is 2.61. The van der Waals surface area contributed by atoms with Crippen molar-refractivity contribution in [1.82, 2.24) is 19.0 Å². The number of hydrogen-bond acceptors (Lipinski definition) is 5. The Morgan fingerprint density at radius 2 is 1.91 bits per heavy atom. The van der Waals surface area contributed by atoms with E-state index in [0.717, 1.165) is 13.0 Å². The molecule has 3 heterocycles. The fraction of sp³-hybridized carbons (Fsp3) is 0.667. The van der Waals surface area contributed by atoms with Gasteiger partial charge in [-0.25, -0.2) is 13.1 Å². The van der Waals surface area contributed by atoms with Crippen LogP contribution in [0, 0.1) is 0 Å². The SMILES string of the molecule is CS(=O)(=O)N1CCN(C(=O)c2nn3c(c2Br)OCCC3)CC1. The zero-order chi connectivity index (χ0) is 15.9. The number of fused-ring (bicyclic) bond motifs is 1. The van der Waals surface area contributed by atoms with Crippen LogP contribution in [0.15, 0.2) is 4.47 Å². The van der Waals surface area contributed by atoms with Crippen molar-refractivity contribution in [2.75, 3.05) is 39.0 Å². The highest BCUT2D eigenvalue weighted by Gasteiger charge is 2.31. The van der Waals surface area contributed by atoms with Crippen molar-refractivity contribution in [3.05, 3.63) is 10.2 Å². The summed E-state index contributed by atoms with van der Waals surface area (Å²) in [5.41, 5.74) is 0.324. The lowest BCUT2D eigenvalue weighted by Crippen LogP contribution is -2.50. The van der Waals surface area contributed by atoms with Gasteiger partial charge in [0.05, 0.1) is 12.9 Å². The van der Waals surface area contributed by atoms with Crippen LogP contribution in [-0.4, -0.2) is 72.4 Å². The molecule has 1 fully saturated rings. The molecule has 0 bridgehead atoms. The molecule has 10 heteroatoms. The van der Waals surface area contributed by atoms with Gasteiger partial charge in [-0.05, 0) is 15.9 Å². The second kappa shape index (κ2) is 5.82. The molecule has 0 aromatic carbocycles. The quantitative estimate of drug-likeness (QED) is 0.714. The van der Waals surface area contributed by atoms with Gasteiger partial charge in [0, 0.05) is 39.1 Å². The molecule has 0 atom stereocenters. The van der Waals surface area contributed by atoms with E-state index in [-0.39, 0.29) is 5.91 Å². The second-order valence-corrected chi connectivity index (χ2v) is 8.12. The molecule has 1 aromatic rings. The Morgan fingerprint density at radius 3 is 2.50 bits per heavy atom. The van der Waals surface area contributed by atoms with Gasteiger partial charge in [0.25, 0.3) is 5.91 Å². The van der Waals surface area contributed by atoms with Crippen molar-refractivity contribution in [1.29, 1.82) is 0 Å². The summed E-state index contributed by atoms with van der Waals surface area (Å²) in [4.78, 5) is 14.2. The lowest BCUT2D eigenvalue weighted by atomic mass is 10.3. The van der Waals surface area contributed by atoms with E-state index in [2.05, 4.69) is 21.0 Å². The second-order valence-electron chi connectivity index (χ2n) is 5.35. The van der Waals surface area contributed by atoms with Gasteiger partial charge < -0.3 is 9.64 Å². The molecule has 1 amide bonds. The average Bonchev–Trinajstić information content (AvgIpc) is 2.83. The Bertz CT molecular complexity index is 694. The van der Waals surface area contributed by atoms with Crippen LogP contribution in [0.4, 0.5) is 0 Å². The molecule has 1 aromatic heterocycles. The first-order valence-electron chi connectivity index (χ1n) is 7.01. The normalized spacial score (nSPS) is 19.6. The first-order chi connectivity index (χ1) is 10.4. The molecule has 3 rings (SSSR count). The smallest absolute Gasteiger partial charge is 0.275 e. The third-order valence-electron chi connectivity index (χ3n) is 3.80. The molecule has 1 saturated heterocycles. The average molecular weight is 393 g/mol. The van der Waals surface area contributed by atoms with E-state index < -0.39 is 10.0 Å². The Labute approximate surface area is 137 Å². The van der Waals surface area contributed by atoms with Gasteiger partial charge in [0.1, 0.15) is 4.47 Å². The predicted octanol–water partition coefficient (Wildman–Crippen LogP) is 0.145. The van der Waals surface area contributed by atoms with Crippen LogP contribution >= 0.6 is 15.9 Å². The maximum Gasteiger partial charge on any atom is 0.275 e. The van der Waals surface area contributed by atoms with E-state index in [4.69, 9.17) is 4.74 Å². The molecule has 2 aliphatic heterocycles. The van der Waals surface area contributed by atoms with E-state index >= 15 is 0 Å². The zero-order valence-corrected chi connectivity index (χ0v) is 14.6. The zero-order valence-electron chi connectivity index (χ0n) is 12.2. The molecular formula is C12H17BrN4O4S. The number of carbonyl (C=O) groups excluding carboxylic acids is 1. The van der Waals surface area contributed by atoms with Crippen LogP contribution in [0.1, 0.15) is 16.9 Å². The number of amides is 1.